The van der Waals surface area contributed by atoms with Gasteiger partial charge in [0.15, 0.2) is 0 Å². The summed E-state index contributed by atoms with van der Waals surface area (Å²) >= 11 is 0. The molecule has 2 aliphatic rings. The van der Waals surface area contributed by atoms with E-state index in [4.69, 9.17) is 5.73 Å². The Bertz CT molecular complexity index is 316. The van der Waals surface area contributed by atoms with Crippen LogP contribution in [0, 0.1) is 11.3 Å². The van der Waals surface area contributed by atoms with Crippen molar-refractivity contribution in [3.05, 3.63) is 0 Å². The lowest BCUT2D eigenvalue weighted by Gasteiger charge is -2.52. The number of likely N-dealkylation sites (tertiary alicyclic amines) is 2. The molecule has 3 nitrogen and oxygen atoms in total. The van der Waals surface area contributed by atoms with Crippen LogP contribution in [-0.4, -0.2) is 54.1 Å². The standard InChI is InChI=1S/C18H37N3/c1-15(2)20-12-8-18(14-19,9-13-20)21-10-6-16(7-11-21)17(3,4)5/h15-16H,6-14,19H2,1-5H3. The molecule has 0 bridgehead atoms. The molecular formula is C18H37N3. The number of piperidine rings is 2. The second-order valence-corrected chi connectivity index (χ2v) is 8.69. The van der Waals surface area contributed by atoms with Crippen LogP contribution in [0.2, 0.25) is 0 Å². The van der Waals surface area contributed by atoms with Crippen LogP contribution in [0.5, 0.6) is 0 Å². The van der Waals surface area contributed by atoms with E-state index < -0.39 is 0 Å². The molecule has 2 aliphatic heterocycles. The van der Waals surface area contributed by atoms with Crippen molar-refractivity contribution in [2.45, 2.75) is 71.9 Å². The minimum atomic E-state index is 0.286. The maximum absolute atomic E-state index is 6.25. The fourth-order valence-electron chi connectivity index (χ4n) is 4.33. The predicted octanol–water partition coefficient (Wildman–Crippen LogP) is 2.95. The van der Waals surface area contributed by atoms with Crippen molar-refractivity contribution in [1.82, 2.24) is 9.80 Å². The van der Waals surface area contributed by atoms with Crippen LogP contribution >= 0.6 is 0 Å². The Labute approximate surface area is 132 Å². The molecule has 21 heavy (non-hydrogen) atoms. The molecule has 3 heteroatoms. The quantitative estimate of drug-likeness (QED) is 0.869. The van der Waals surface area contributed by atoms with Crippen molar-refractivity contribution < 1.29 is 0 Å². The Hall–Kier alpha value is -0.120. The van der Waals surface area contributed by atoms with E-state index in [9.17, 15) is 0 Å². The lowest BCUT2D eigenvalue weighted by atomic mass is 9.73. The number of nitrogens with zero attached hydrogens (tertiary/aromatic N) is 2. The minimum absolute atomic E-state index is 0.286. The van der Waals surface area contributed by atoms with E-state index in [1.807, 2.05) is 0 Å². The molecule has 2 rings (SSSR count). The van der Waals surface area contributed by atoms with Crippen molar-refractivity contribution in [2.24, 2.45) is 17.1 Å². The SMILES string of the molecule is CC(C)N1CCC(CN)(N2CCC(C(C)(C)C)CC2)CC1. The first-order valence-corrected chi connectivity index (χ1v) is 8.98. The molecule has 2 saturated heterocycles. The highest BCUT2D eigenvalue weighted by Gasteiger charge is 2.41. The molecule has 0 aliphatic carbocycles. The molecule has 0 aromatic carbocycles. The highest BCUT2D eigenvalue weighted by molar-refractivity contribution is 4.98. The van der Waals surface area contributed by atoms with Gasteiger partial charge in [0.05, 0.1) is 0 Å². The number of hydrogen-bond acceptors (Lipinski definition) is 3. The van der Waals surface area contributed by atoms with Gasteiger partial charge in [-0.2, -0.15) is 0 Å². The summed E-state index contributed by atoms with van der Waals surface area (Å²) in [7, 11) is 0. The van der Waals surface area contributed by atoms with Crippen molar-refractivity contribution in [3.63, 3.8) is 0 Å². The van der Waals surface area contributed by atoms with Gasteiger partial charge in [-0.15, -0.1) is 0 Å². The summed E-state index contributed by atoms with van der Waals surface area (Å²) in [4.78, 5) is 5.35. The Kier molecular flexibility index (Phi) is 5.38. The smallest absolute Gasteiger partial charge is 0.0356 e. The molecule has 124 valence electrons. The Balaban J connectivity index is 1.94. The zero-order chi connectivity index (χ0) is 15.7. The van der Waals surface area contributed by atoms with Crippen LogP contribution in [0.1, 0.15) is 60.3 Å². The minimum Gasteiger partial charge on any atom is -0.329 e. The third-order valence-corrected chi connectivity index (χ3v) is 6.23. The van der Waals surface area contributed by atoms with E-state index in [1.54, 1.807) is 0 Å². The molecule has 2 N–H and O–H groups in total. The summed E-state index contributed by atoms with van der Waals surface area (Å²) in [6.45, 7) is 17.6. The largest absolute Gasteiger partial charge is 0.329 e. The molecule has 0 aromatic heterocycles. The van der Waals surface area contributed by atoms with Gasteiger partial charge in [0.2, 0.25) is 0 Å². The lowest BCUT2D eigenvalue weighted by molar-refractivity contribution is -0.0144. The van der Waals surface area contributed by atoms with Crippen LogP contribution in [0.3, 0.4) is 0 Å². The van der Waals surface area contributed by atoms with Crippen molar-refractivity contribution >= 4 is 0 Å². The fourth-order valence-corrected chi connectivity index (χ4v) is 4.33. The first-order valence-electron chi connectivity index (χ1n) is 8.98. The van der Waals surface area contributed by atoms with Crippen LogP contribution < -0.4 is 5.73 Å². The van der Waals surface area contributed by atoms with E-state index in [0.29, 0.717) is 11.5 Å². The highest BCUT2D eigenvalue weighted by atomic mass is 15.3. The predicted molar refractivity (Wildman–Crippen MR) is 91.5 cm³/mol. The molecule has 0 saturated carbocycles. The van der Waals surface area contributed by atoms with E-state index in [1.165, 1.54) is 51.9 Å². The van der Waals surface area contributed by atoms with Gasteiger partial charge in [0.25, 0.3) is 0 Å². The maximum atomic E-state index is 6.25. The summed E-state index contributed by atoms with van der Waals surface area (Å²) in [6, 6.07) is 0.674. The zero-order valence-corrected chi connectivity index (χ0v) is 15.0. The van der Waals surface area contributed by atoms with Crippen molar-refractivity contribution in [1.29, 1.82) is 0 Å². The number of nitrogens with two attached hydrogens (primary N) is 1. The first-order chi connectivity index (χ1) is 9.78. The summed E-state index contributed by atoms with van der Waals surface area (Å²) < 4.78 is 0. The van der Waals surface area contributed by atoms with E-state index in [-0.39, 0.29) is 5.54 Å². The first kappa shape index (κ1) is 17.2. The molecule has 0 amide bonds. The summed E-state index contributed by atoms with van der Waals surface area (Å²) in [6.07, 6.45) is 5.20. The van der Waals surface area contributed by atoms with Crippen LogP contribution in [-0.2, 0) is 0 Å². The normalized spacial score (nSPS) is 26.4. The second kappa shape index (κ2) is 6.55. The molecule has 0 atom stereocenters. The zero-order valence-electron chi connectivity index (χ0n) is 15.0. The Morgan fingerprint density at radius 3 is 1.95 bits per heavy atom. The second-order valence-electron chi connectivity index (χ2n) is 8.69. The summed E-state index contributed by atoms with van der Waals surface area (Å²) in [5, 5.41) is 0. The van der Waals surface area contributed by atoms with Gasteiger partial charge in [0, 0.05) is 31.2 Å². The monoisotopic (exact) mass is 295 g/mol. The number of hydrogen-bond donors (Lipinski definition) is 1. The molecule has 0 radical (unpaired) electrons. The Morgan fingerprint density at radius 1 is 1.05 bits per heavy atom. The van der Waals surface area contributed by atoms with Gasteiger partial charge in [-0.1, -0.05) is 20.8 Å². The average Bonchev–Trinajstić information content (AvgIpc) is 2.46. The van der Waals surface area contributed by atoms with Crippen molar-refractivity contribution in [3.8, 4) is 0 Å². The lowest BCUT2D eigenvalue weighted by Crippen LogP contribution is -2.61. The molecule has 2 fully saturated rings. The molecule has 0 unspecified atom stereocenters. The maximum Gasteiger partial charge on any atom is 0.0356 e. The van der Waals surface area contributed by atoms with Crippen LogP contribution in [0.25, 0.3) is 0 Å². The molecule has 0 aromatic rings. The molecular weight excluding hydrogens is 258 g/mol. The molecule has 2 heterocycles. The van der Waals surface area contributed by atoms with Gasteiger partial charge in [0.1, 0.15) is 0 Å². The average molecular weight is 296 g/mol. The van der Waals surface area contributed by atoms with E-state index in [2.05, 4.69) is 44.4 Å². The van der Waals surface area contributed by atoms with Gasteiger partial charge >= 0.3 is 0 Å². The van der Waals surface area contributed by atoms with E-state index >= 15 is 0 Å². The van der Waals surface area contributed by atoms with Gasteiger partial charge in [-0.25, -0.2) is 0 Å². The van der Waals surface area contributed by atoms with Crippen molar-refractivity contribution in [2.75, 3.05) is 32.7 Å². The topological polar surface area (TPSA) is 32.5 Å². The molecule has 0 spiro atoms. The summed E-state index contributed by atoms with van der Waals surface area (Å²) in [5.74, 6) is 0.874. The van der Waals surface area contributed by atoms with Gasteiger partial charge in [-0.3, -0.25) is 4.90 Å². The van der Waals surface area contributed by atoms with E-state index in [0.717, 1.165) is 12.5 Å². The fraction of sp³-hybridized carbons (Fsp3) is 1.00. The van der Waals surface area contributed by atoms with Crippen LogP contribution in [0.4, 0.5) is 0 Å². The Morgan fingerprint density at radius 2 is 1.57 bits per heavy atom. The summed E-state index contributed by atoms with van der Waals surface area (Å²) in [5.41, 5.74) is 7.00. The highest BCUT2D eigenvalue weighted by Crippen LogP contribution is 2.38. The number of rotatable bonds is 3. The van der Waals surface area contributed by atoms with Crippen LogP contribution in [0.15, 0.2) is 0 Å². The van der Waals surface area contributed by atoms with Gasteiger partial charge in [-0.05, 0) is 64.0 Å². The third-order valence-electron chi connectivity index (χ3n) is 6.23. The third kappa shape index (κ3) is 3.80. The van der Waals surface area contributed by atoms with Gasteiger partial charge < -0.3 is 10.6 Å².